The van der Waals surface area contributed by atoms with E-state index in [4.69, 9.17) is 4.43 Å². The van der Waals surface area contributed by atoms with E-state index in [2.05, 4.69) is 84.1 Å². The Kier molecular flexibility index (Phi) is 5.78. The van der Waals surface area contributed by atoms with Crippen LogP contribution in [0.2, 0.25) is 18.1 Å². The largest absolute Gasteiger partial charge is 0.413 e. The fourth-order valence-corrected chi connectivity index (χ4v) is 2.94. The Morgan fingerprint density at radius 3 is 2.20 bits per heavy atom. The second kappa shape index (κ2) is 6.73. The summed E-state index contributed by atoms with van der Waals surface area (Å²) in [5.41, 5.74) is 1.22. The smallest absolute Gasteiger partial charge is 0.192 e. The van der Waals surface area contributed by atoms with Crippen molar-refractivity contribution in [3.8, 4) is 0 Å². The van der Waals surface area contributed by atoms with Crippen molar-refractivity contribution in [2.45, 2.75) is 51.9 Å². The molecular formula is C18H29OSi. The van der Waals surface area contributed by atoms with E-state index in [1.807, 2.05) is 6.07 Å². The lowest BCUT2D eigenvalue weighted by Crippen LogP contribution is -2.44. The third kappa shape index (κ3) is 4.91. The normalized spacial score (nSPS) is 16.4. The van der Waals surface area contributed by atoms with E-state index >= 15 is 0 Å². The molecule has 0 bridgehead atoms. The van der Waals surface area contributed by atoms with Gasteiger partial charge in [-0.15, -0.1) is 0 Å². The van der Waals surface area contributed by atoms with E-state index < -0.39 is 8.32 Å². The van der Waals surface area contributed by atoms with Crippen LogP contribution in [-0.4, -0.2) is 14.4 Å². The first-order valence-electron chi connectivity index (χ1n) is 7.37. The number of rotatable bonds is 5. The number of hydrogen-bond donors (Lipinski definition) is 0. The molecule has 1 nitrogen and oxygen atoms in total. The second-order valence-electron chi connectivity index (χ2n) is 7.05. The molecule has 0 aliphatic heterocycles. The van der Waals surface area contributed by atoms with Gasteiger partial charge in [-0.2, -0.15) is 0 Å². The Balaban J connectivity index is 2.64. The predicted octanol–water partition coefficient (Wildman–Crippen LogP) is 5.56. The van der Waals surface area contributed by atoms with Gasteiger partial charge in [0.05, 0.1) is 6.10 Å². The van der Waals surface area contributed by atoms with Crippen LogP contribution in [0.25, 0.3) is 6.08 Å². The predicted molar refractivity (Wildman–Crippen MR) is 92.1 cm³/mol. The van der Waals surface area contributed by atoms with Gasteiger partial charge in [0, 0.05) is 0 Å². The Labute approximate surface area is 126 Å². The Hall–Kier alpha value is -0.863. The summed E-state index contributed by atoms with van der Waals surface area (Å²) in [5, 5.41) is 0.228. The summed E-state index contributed by atoms with van der Waals surface area (Å²) in [6, 6.07) is 10.4. The highest BCUT2D eigenvalue weighted by molar-refractivity contribution is 6.74. The molecule has 0 N–H and O–H groups in total. The third-order valence-electron chi connectivity index (χ3n) is 4.23. The van der Waals surface area contributed by atoms with Crippen LogP contribution in [0.4, 0.5) is 0 Å². The minimum absolute atomic E-state index is 0.0100. The van der Waals surface area contributed by atoms with Crippen LogP contribution in [0, 0.1) is 12.8 Å². The summed E-state index contributed by atoms with van der Waals surface area (Å²) in [6.07, 6.45) is 4.36. The van der Waals surface area contributed by atoms with Crippen molar-refractivity contribution in [1.29, 1.82) is 0 Å². The molecule has 2 atom stereocenters. The molecule has 1 aromatic rings. The van der Waals surface area contributed by atoms with E-state index in [1.165, 1.54) is 5.56 Å². The van der Waals surface area contributed by atoms with Crippen LogP contribution in [0.15, 0.2) is 36.4 Å². The van der Waals surface area contributed by atoms with E-state index in [9.17, 15) is 0 Å². The molecular weight excluding hydrogens is 260 g/mol. The summed E-state index contributed by atoms with van der Waals surface area (Å²) in [7, 11) is -1.74. The summed E-state index contributed by atoms with van der Waals surface area (Å²) in [5.74, 6) is 0.310. The lowest BCUT2D eigenvalue weighted by Gasteiger charge is -2.39. The van der Waals surface area contributed by atoms with E-state index in [0.717, 1.165) is 0 Å². The monoisotopic (exact) mass is 289 g/mol. The highest BCUT2D eigenvalue weighted by Crippen LogP contribution is 2.38. The van der Waals surface area contributed by atoms with Gasteiger partial charge in [0.25, 0.3) is 0 Å². The number of benzene rings is 1. The maximum absolute atomic E-state index is 6.33. The summed E-state index contributed by atoms with van der Waals surface area (Å²) in [6.45, 7) is 17.7. The Bertz CT molecular complexity index is 428. The van der Waals surface area contributed by atoms with Gasteiger partial charge in [0.15, 0.2) is 8.32 Å². The molecule has 0 fully saturated rings. The van der Waals surface area contributed by atoms with Gasteiger partial charge in [0.2, 0.25) is 0 Å². The first kappa shape index (κ1) is 17.2. The van der Waals surface area contributed by atoms with Crippen molar-refractivity contribution in [2.75, 3.05) is 0 Å². The molecule has 0 heterocycles. The molecule has 20 heavy (non-hydrogen) atoms. The van der Waals surface area contributed by atoms with Crippen LogP contribution in [0.5, 0.6) is 0 Å². The third-order valence-corrected chi connectivity index (χ3v) is 8.73. The van der Waals surface area contributed by atoms with E-state index in [-0.39, 0.29) is 11.1 Å². The molecule has 0 saturated carbocycles. The highest BCUT2D eigenvalue weighted by Gasteiger charge is 2.38. The summed E-state index contributed by atoms with van der Waals surface area (Å²) in [4.78, 5) is 0. The Morgan fingerprint density at radius 1 is 1.15 bits per heavy atom. The molecule has 1 radical (unpaired) electrons. The van der Waals surface area contributed by atoms with Crippen LogP contribution in [0.3, 0.4) is 0 Å². The van der Waals surface area contributed by atoms with E-state index in [0.29, 0.717) is 5.92 Å². The van der Waals surface area contributed by atoms with E-state index in [1.54, 1.807) is 0 Å². The average molecular weight is 290 g/mol. The molecule has 0 unspecified atom stereocenters. The lowest BCUT2D eigenvalue weighted by atomic mass is 10.0. The molecule has 1 aromatic carbocycles. The first-order chi connectivity index (χ1) is 9.13. The van der Waals surface area contributed by atoms with Gasteiger partial charge in [-0.1, -0.05) is 70.2 Å². The maximum Gasteiger partial charge on any atom is 0.192 e. The molecule has 0 aliphatic carbocycles. The fourth-order valence-electron chi connectivity index (χ4n) is 1.61. The topological polar surface area (TPSA) is 9.23 Å². The SMILES string of the molecule is [CH2][C@@H](O[Si](C)(C)C(C)(C)C)[C@H](C)/C=C/c1ccccc1. The molecule has 0 aromatic heterocycles. The van der Waals surface area contributed by atoms with Gasteiger partial charge in [-0.3, -0.25) is 0 Å². The average Bonchev–Trinajstić information content (AvgIpc) is 2.35. The van der Waals surface area contributed by atoms with Gasteiger partial charge < -0.3 is 4.43 Å². The van der Waals surface area contributed by atoms with Crippen molar-refractivity contribution in [3.05, 3.63) is 48.9 Å². The minimum Gasteiger partial charge on any atom is -0.413 e. The van der Waals surface area contributed by atoms with Crippen LogP contribution >= 0.6 is 0 Å². The van der Waals surface area contributed by atoms with Crippen molar-refractivity contribution < 1.29 is 4.43 Å². The van der Waals surface area contributed by atoms with Crippen molar-refractivity contribution in [1.82, 2.24) is 0 Å². The Morgan fingerprint density at radius 2 is 1.70 bits per heavy atom. The van der Waals surface area contributed by atoms with Crippen molar-refractivity contribution in [2.24, 2.45) is 5.92 Å². The summed E-state index contributed by atoms with van der Waals surface area (Å²) < 4.78 is 6.33. The molecule has 0 amide bonds. The zero-order valence-corrected chi connectivity index (χ0v) is 14.8. The quantitative estimate of drug-likeness (QED) is 0.645. The van der Waals surface area contributed by atoms with Crippen molar-refractivity contribution in [3.63, 3.8) is 0 Å². The second-order valence-corrected chi connectivity index (χ2v) is 11.8. The van der Waals surface area contributed by atoms with Crippen LogP contribution < -0.4 is 0 Å². The fraction of sp³-hybridized carbons (Fsp3) is 0.500. The molecule has 0 aliphatic rings. The number of hydrogen-bond acceptors (Lipinski definition) is 1. The van der Waals surface area contributed by atoms with Crippen LogP contribution in [0.1, 0.15) is 33.3 Å². The standard InChI is InChI=1S/C18H29OSi/c1-15(13-14-17-11-9-8-10-12-17)16(2)19-20(6,7)18(3,4)5/h8-16H,2H2,1,3-7H3/b14-13+/t15-,16-/m1/s1. The zero-order chi connectivity index (χ0) is 15.4. The molecule has 0 saturated heterocycles. The molecule has 0 spiro atoms. The first-order valence-corrected chi connectivity index (χ1v) is 10.3. The van der Waals surface area contributed by atoms with Gasteiger partial charge in [-0.05, 0) is 36.5 Å². The molecule has 2 heteroatoms. The zero-order valence-electron chi connectivity index (χ0n) is 13.8. The van der Waals surface area contributed by atoms with Gasteiger partial charge in [-0.25, -0.2) is 0 Å². The highest BCUT2D eigenvalue weighted by atomic mass is 28.4. The van der Waals surface area contributed by atoms with Crippen molar-refractivity contribution >= 4 is 14.4 Å². The minimum atomic E-state index is -1.74. The summed E-state index contributed by atoms with van der Waals surface area (Å²) >= 11 is 0. The van der Waals surface area contributed by atoms with Crippen LogP contribution in [-0.2, 0) is 4.43 Å². The molecule has 1 rings (SSSR count). The lowest BCUT2D eigenvalue weighted by molar-refractivity contribution is 0.188. The maximum atomic E-state index is 6.33. The van der Waals surface area contributed by atoms with Gasteiger partial charge >= 0.3 is 0 Å². The molecule has 111 valence electrons. The van der Waals surface area contributed by atoms with Gasteiger partial charge in [0.1, 0.15) is 0 Å².